The summed E-state index contributed by atoms with van der Waals surface area (Å²) in [5.74, 6) is -1.85. The van der Waals surface area contributed by atoms with Crippen molar-refractivity contribution in [2.45, 2.75) is 39.5 Å². The van der Waals surface area contributed by atoms with Crippen molar-refractivity contribution in [2.75, 3.05) is 6.61 Å². The fourth-order valence-corrected chi connectivity index (χ4v) is 2.18. The number of rotatable bonds is 8. The average Bonchev–Trinajstić information content (AvgIpc) is 2.49. The monoisotopic (exact) mass is 292 g/mol. The molecule has 0 radical (unpaired) electrons. The molecule has 116 valence electrons. The topological polar surface area (TPSA) is 63.6 Å². The predicted molar refractivity (Wildman–Crippen MR) is 81.0 cm³/mol. The first-order valence-corrected chi connectivity index (χ1v) is 7.39. The van der Waals surface area contributed by atoms with Crippen LogP contribution in [0.4, 0.5) is 0 Å². The Labute approximate surface area is 126 Å². The van der Waals surface area contributed by atoms with E-state index in [0.29, 0.717) is 0 Å². The molecule has 0 bridgehead atoms. The third-order valence-corrected chi connectivity index (χ3v) is 3.87. The van der Waals surface area contributed by atoms with Crippen molar-refractivity contribution in [1.29, 1.82) is 0 Å². The summed E-state index contributed by atoms with van der Waals surface area (Å²) < 4.78 is 5.34. The van der Waals surface area contributed by atoms with E-state index in [9.17, 15) is 9.59 Å². The summed E-state index contributed by atoms with van der Waals surface area (Å²) in [5, 5.41) is 8.92. The Hall–Kier alpha value is -1.84. The molecule has 0 saturated heterocycles. The highest BCUT2D eigenvalue weighted by Crippen LogP contribution is 2.22. The van der Waals surface area contributed by atoms with Gasteiger partial charge in [-0.05, 0) is 11.5 Å². The van der Waals surface area contributed by atoms with Crippen molar-refractivity contribution >= 4 is 11.9 Å². The van der Waals surface area contributed by atoms with Crippen molar-refractivity contribution in [2.24, 2.45) is 11.8 Å². The Kier molecular flexibility index (Phi) is 6.92. The van der Waals surface area contributed by atoms with Gasteiger partial charge in [-0.3, -0.25) is 9.59 Å². The van der Waals surface area contributed by atoms with Crippen molar-refractivity contribution in [1.82, 2.24) is 0 Å². The third-order valence-electron chi connectivity index (χ3n) is 3.87. The molecule has 4 nitrogen and oxygen atoms in total. The zero-order valence-electron chi connectivity index (χ0n) is 12.9. The van der Waals surface area contributed by atoms with Crippen LogP contribution in [-0.4, -0.2) is 23.7 Å². The molecule has 1 N–H and O–H groups in total. The van der Waals surface area contributed by atoms with E-state index in [2.05, 4.69) is 0 Å². The normalized spacial score (nSPS) is 15.0. The standard InChI is InChI=1S/C17H24O4/c1-4-12(2)15(10-16(18)19)17(20)21-11-13(3)14-8-6-5-7-9-14/h5-9,12-13,15H,4,10-11H2,1-3H3,(H,18,19). The van der Waals surface area contributed by atoms with Gasteiger partial charge >= 0.3 is 11.9 Å². The van der Waals surface area contributed by atoms with Gasteiger partial charge in [-0.15, -0.1) is 0 Å². The van der Waals surface area contributed by atoms with E-state index in [0.717, 1.165) is 12.0 Å². The zero-order valence-corrected chi connectivity index (χ0v) is 12.9. The summed E-state index contributed by atoms with van der Waals surface area (Å²) in [4.78, 5) is 23.0. The highest BCUT2D eigenvalue weighted by Gasteiger charge is 2.28. The van der Waals surface area contributed by atoms with E-state index in [1.165, 1.54) is 0 Å². The number of hydrogen-bond donors (Lipinski definition) is 1. The van der Waals surface area contributed by atoms with Gasteiger partial charge in [0, 0.05) is 5.92 Å². The first kappa shape index (κ1) is 17.2. The van der Waals surface area contributed by atoms with Crippen molar-refractivity contribution in [3.8, 4) is 0 Å². The van der Waals surface area contributed by atoms with Gasteiger partial charge in [0.25, 0.3) is 0 Å². The lowest BCUT2D eigenvalue weighted by atomic mass is 9.89. The molecule has 0 amide bonds. The minimum atomic E-state index is -0.964. The molecule has 1 aromatic rings. The highest BCUT2D eigenvalue weighted by molar-refractivity contribution is 5.79. The van der Waals surface area contributed by atoms with E-state index in [4.69, 9.17) is 9.84 Å². The average molecular weight is 292 g/mol. The molecule has 4 heteroatoms. The van der Waals surface area contributed by atoms with E-state index in [1.54, 1.807) is 0 Å². The number of carboxylic acids is 1. The molecule has 0 aliphatic heterocycles. The number of carbonyl (C=O) groups is 2. The predicted octanol–water partition coefficient (Wildman–Crippen LogP) is 3.47. The van der Waals surface area contributed by atoms with E-state index < -0.39 is 17.9 Å². The zero-order chi connectivity index (χ0) is 15.8. The molecule has 3 unspecified atom stereocenters. The summed E-state index contributed by atoms with van der Waals surface area (Å²) >= 11 is 0. The summed E-state index contributed by atoms with van der Waals surface area (Å²) in [6, 6.07) is 9.80. The van der Waals surface area contributed by atoms with Gasteiger partial charge in [0.1, 0.15) is 0 Å². The fraction of sp³-hybridized carbons (Fsp3) is 0.529. The van der Waals surface area contributed by atoms with Crippen LogP contribution < -0.4 is 0 Å². The molecule has 0 aromatic heterocycles. The Morgan fingerprint density at radius 2 is 1.81 bits per heavy atom. The van der Waals surface area contributed by atoms with Crippen LogP contribution in [0.2, 0.25) is 0 Å². The highest BCUT2D eigenvalue weighted by atomic mass is 16.5. The maximum atomic E-state index is 12.1. The molecule has 0 aliphatic carbocycles. The van der Waals surface area contributed by atoms with Crippen LogP contribution in [0, 0.1) is 11.8 Å². The molecule has 0 spiro atoms. The van der Waals surface area contributed by atoms with Gasteiger partial charge in [-0.2, -0.15) is 0 Å². The smallest absolute Gasteiger partial charge is 0.309 e. The SMILES string of the molecule is CCC(C)C(CC(=O)O)C(=O)OCC(C)c1ccccc1. The lowest BCUT2D eigenvalue weighted by Crippen LogP contribution is -2.27. The van der Waals surface area contributed by atoms with Crippen molar-refractivity contribution in [3.63, 3.8) is 0 Å². The van der Waals surface area contributed by atoms with Crippen LogP contribution in [0.3, 0.4) is 0 Å². The molecular weight excluding hydrogens is 268 g/mol. The second-order valence-corrected chi connectivity index (χ2v) is 5.53. The molecule has 0 heterocycles. The molecule has 3 atom stereocenters. The van der Waals surface area contributed by atoms with Gasteiger partial charge < -0.3 is 9.84 Å². The van der Waals surface area contributed by atoms with Crippen LogP contribution in [0.1, 0.15) is 45.1 Å². The number of benzene rings is 1. The maximum Gasteiger partial charge on any atom is 0.309 e. The summed E-state index contributed by atoms with van der Waals surface area (Å²) in [6.07, 6.45) is 0.578. The summed E-state index contributed by atoms with van der Waals surface area (Å²) in [6.45, 7) is 6.09. The number of aliphatic carboxylic acids is 1. The van der Waals surface area contributed by atoms with E-state index in [1.807, 2.05) is 51.1 Å². The number of hydrogen-bond acceptors (Lipinski definition) is 3. The minimum Gasteiger partial charge on any atom is -0.481 e. The fourth-order valence-electron chi connectivity index (χ4n) is 2.18. The molecule has 0 aliphatic rings. The van der Waals surface area contributed by atoms with Crippen molar-refractivity contribution < 1.29 is 19.4 Å². The first-order valence-electron chi connectivity index (χ1n) is 7.39. The lowest BCUT2D eigenvalue weighted by Gasteiger charge is -2.21. The number of carboxylic acid groups (broad SMARTS) is 1. The maximum absolute atomic E-state index is 12.1. The van der Waals surface area contributed by atoms with Gasteiger partial charge in [0.05, 0.1) is 18.9 Å². The van der Waals surface area contributed by atoms with Crippen LogP contribution >= 0.6 is 0 Å². The molecule has 0 saturated carbocycles. The second-order valence-electron chi connectivity index (χ2n) is 5.53. The van der Waals surface area contributed by atoms with Crippen LogP contribution in [0.5, 0.6) is 0 Å². The minimum absolute atomic E-state index is 0.000585. The number of ether oxygens (including phenoxy) is 1. The largest absolute Gasteiger partial charge is 0.481 e. The number of esters is 1. The molecule has 21 heavy (non-hydrogen) atoms. The van der Waals surface area contributed by atoms with Crippen LogP contribution in [0.25, 0.3) is 0 Å². The van der Waals surface area contributed by atoms with Crippen LogP contribution in [0.15, 0.2) is 30.3 Å². The van der Waals surface area contributed by atoms with E-state index in [-0.39, 0.29) is 24.9 Å². The van der Waals surface area contributed by atoms with E-state index >= 15 is 0 Å². The number of carbonyl (C=O) groups excluding carboxylic acids is 1. The summed E-state index contributed by atoms with van der Waals surface area (Å²) in [5.41, 5.74) is 1.10. The molecular formula is C17H24O4. The van der Waals surface area contributed by atoms with Crippen LogP contribution in [-0.2, 0) is 14.3 Å². The quantitative estimate of drug-likeness (QED) is 0.745. The van der Waals surface area contributed by atoms with Gasteiger partial charge in [-0.25, -0.2) is 0 Å². The third kappa shape index (κ3) is 5.58. The van der Waals surface area contributed by atoms with Gasteiger partial charge in [0.2, 0.25) is 0 Å². The van der Waals surface area contributed by atoms with Gasteiger partial charge in [-0.1, -0.05) is 57.5 Å². The Morgan fingerprint density at radius 3 is 2.33 bits per heavy atom. The molecule has 1 aromatic carbocycles. The second kappa shape index (κ2) is 8.45. The molecule has 1 rings (SSSR count). The Bertz CT molecular complexity index is 455. The van der Waals surface area contributed by atoms with Crippen molar-refractivity contribution in [3.05, 3.63) is 35.9 Å². The first-order chi connectivity index (χ1) is 9.95. The lowest BCUT2D eigenvalue weighted by molar-refractivity contribution is -0.155. The summed E-state index contributed by atoms with van der Waals surface area (Å²) in [7, 11) is 0. The molecule has 0 fully saturated rings. The van der Waals surface area contributed by atoms with Gasteiger partial charge in [0.15, 0.2) is 0 Å². The Balaban J connectivity index is 2.59. The Morgan fingerprint density at radius 1 is 1.19 bits per heavy atom.